The van der Waals surface area contributed by atoms with Crippen LogP contribution in [0.2, 0.25) is 0 Å². The predicted octanol–water partition coefficient (Wildman–Crippen LogP) is 2.71. The zero-order valence-corrected chi connectivity index (χ0v) is 12.7. The summed E-state index contributed by atoms with van der Waals surface area (Å²) in [7, 11) is 0.593. The zero-order valence-electron chi connectivity index (χ0n) is 11.9. The van der Waals surface area contributed by atoms with Crippen LogP contribution in [-0.4, -0.2) is 22.6 Å². The summed E-state index contributed by atoms with van der Waals surface area (Å²) in [5, 5.41) is 0.0529. The summed E-state index contributed by atoms with van der Waals surface area (Å²) in [6.45, 7) is 4.47. The van der Waals surface area contributed by atoms with Crippen molar-refractivity contribution in [2.24, 2.45) is 11.1 Å². The van der Waals surface area contributed by atoms with Gasteiger partial charge in [0.15, 0.2) is 0 Å². The molecule has 0 radical (unpaired) electrons. The second kappa shape index (κ2) is 5.63. The Balaban J connectivity index is 2.17. The van der Waals surface area contributed by atoms with E-state index in [4.69, 9.17) is 10.5 Å². The van der Waals surface area contributed by atoms with Crippen LogP contribution in [0.4, 0.5) is 0 Å². The maximum Gasteiger partial charge on any atom is 0.118 e. The standard InChI is InChI=1S/C15H23NO2S/c1-15(2)9-8-13(16)14(10-15)19(17)12-6-4-11(18-3)5-7-12/h4-7,13-14H,8-10,16H2,1-3H3. The van der Waals surface area contributed by atoms with Crippen LogP contribution in [-0.2, 0) is 10.8 Å². The van der Waals surface area contributed by atoms with Gasteiger partial charge in [0.05, 0.1) is 23.2 Å². The van der Waals surface area contributed by atoms with Gasteiger partial charge in [-0.25, -0.2) is 0 Å². The normalized spacial score (nSPS) is 27.8. The first kappa shape index (κ1) is 14.5. The van der Waals surface area contributed by atoms with Crippen LogP contribution >= 0.6 is 0 Å². The number of ether oxygens (including phenoxy) is 1. The Hall–Kier alpha value is -0.870. The van der Waals surface area contributed by atoms with Crippen LogP contribution in [0.5, 0.6) is 5.75 Å². The Morgan fingerprint density at radius 3 is 2.53 bits per heavy atom. The van der Waals surface area contributed by atoms with Gasteiger partial charge in [0.25, 0.3) is 0 Å². The highest BCUT2D eigenvalue weighted by Gasteiger charge is 2.36. The van der Waals surface area contributed by atoms with Crippen molar-refractivity contribution in [2.75, 3.05) is 7.11 Å². The number of benzene rings is 1. The van der Waals surface area contributed by atoms with Crippen molar-refractivity contribution in [1.29, 1.82) is 0 Å². The lowest BCUT2D eigenvalue weighted by molar-refractivity contribution is 0.230. The molecule has 106 valence electrons. The van der Waals surface area contributed by atoms with E-state index in [9.17, 15) is 4.21 Å². The maximum atomic E-state index is 12.7. The quantitative estimate of drug-likeness (QED) is 0.927. The lowest BCUT2D eigenvalue weighted by Gasteiger charge is -2.38. The average molecular weight is 281 g/mol. The Morgan fingerprint density at radius 1 is 1.32 bits per heavy atom. The summed E-state index contributed by atoms with van der Waals surface area (Å²) in [4.78, 5) is 0.846. The van der Waals surface area contributed by atoms with Crippen molar-refractivity contribution < 1.29 is 8.95 Å². The minimum absolute atomic E-state index is 0.0379. The molecule has 3 atom stereocenters. The molecule has 3 nitrogen and oxygen atoms in total. The summed E-state index contributed by atoms with van der Waals surface area (Å²) < 4.78 is 17.8. The summed E-state index contributed by atoms with van der Waals surface area (Å²) in [5.41, 5.74) is 6.42. The van der Waals surface area contributed by atoms with Gasteiger partial charge in [-0.15, -0.1) is 0 Å². The van der Waals surface area contributed by atoms with E-state index in [1.165, 1.54) is 0 Å². The van der Waals surface area contributed by atoms with E-state index in [2.05, 4.69) is 13.8 Å². The van der Waals surface area contributed by atoms with Crippen molar-refractivity contribution in [2.45, 2.75) is 49.3 Å². The molecule has 1 fully saturated rings. The Labute approximate surface area is 118 Å². The molecule has 0 amide bonds. The first-order valence-electron chi connectivity index (χ1n) is 6.73. The van der Waals surface area contributed by atoms with Gasteiger partial charge in [0.1, 0.15) is 5.75 Å². The number of nitrogens with two attached hydrogens (primary N) is 1. The molecule has 0 bridgehead atoms. The Kier molecular flexibility index (Phi) is 4.31. The molecule has 4 heteroatoms. The molecule has 3 unspecified atom stereocenters. The lowest BCUT2D eigenvalue weighted by atomic mass is 9.75. The van der Waals surface area contributed by atoms with Crippen molar-refractivity contribution in [1.82, 2.24) is 0 Å². The largest absolute Gasteiger partial charge is 0.497 e. The molecule has 0 saturated heterocycles. The first-order chi connectivity index (χ1) is 8.93. The highest BCUT2D eigenvalue weighted by Crippen LogP contribution is 2.38. The molecule has 0 heterocycles. The summed E-state index contributed by atoms with van der Waals surface area (Å²) in [5.74, 6) is 0.786. The van der Waals surface area contributed by atoms with E-state index >= 15 is 0 Å². The molecular weight excluding hydrogens is 258 g/mol. The highest BCUT2D eigenvalue weighted by atomic mass is 32.2. The molecule has 2 N–H and O–H groups in total. The van der Waals surface area contributed by atoms with Crippen LogP contribution < -0.4 is 10.5 Å². The summed E-state index contributed by atoms with van der Waals surface area (Å²) in [6, 6.07) is 7.50. The van der Waals surface area contributed by atoms with E-state index in [-0.39, 0.29) is 16.7 Å². The van der Waals surface area contributed by atoms with Crippen molar-refractivity contribution in [3.8, 4) is 5.75 Å². The van der Waals surface area contributed by atoms with Crippen LogP contribution in [0.1, 0.15) is 33.1 Å². The second-order valence-electron chi connectivity index (χ2n) is 6.08. The topological polar surface area (TPSA) is 52.3 Å². The molecule has 1 aromatic carbocycles. The fraction of sp³-hybridized carbons (Fsp3) is 0.600. The molecule has 1 aliphatic carbocycles. The minimum atomic E-state index is -1.04. The fourth-order valence-electron chi connectivity index (χ4n) is 2.66. The van der Waals surface area contributed by atoms with Gasteiger partial charge in [-0.3, -0.25) is 4.21 Å². The fourth-order valence-corrected chi connectivity index (χ4v) is 4.47. The van der Waals surface area contributed by atoms with E-state index in [1.807, 2.05) is 24.3 Å². The Bertz CT molecular complexity index is 456. The maximum absolute atomic E-state index is 12.7. The van der Waals surface area contributed by atoms with Crippen LogP contribution in [0.25, 0.3) is 0 Å². The van der Waals surface area contributed by atoms with Gasteiger partial charge in [0.2, 0.25) is 0 Å². The third kappa shape index (κ3) is 3.37. The summed E-state index contributed by atoms with van der Waals surface area (Å²) in [6.07, 6.45) is 3.00. The minimum Gasteiger partial charge on any atom is -0.497 e. The molecule has 1 aromatic rings. The molecule has 1 aliphatic rings. The highest BCUT2D eigenvalue weighted by molar-refractivity contribution is 7.85. The SMILES string of the molecule is COc1ccc(S(=O)C2CC(C)(C)CCC2N)cc1. The van der Waals surface area contributed by atoms with Gasteiger partial charge in [-0.2, -0.15) is 0 Å². The third-order valence-electron chi connectivity index (χ3n) is 3.95. The van der Waals surface area contributed by atoms with E-state index < -0.39 is 10.8 Å². The third-order valence-corrected chi connectivity index (χ3v) is 5.76. The summed E-state index contributed by atoms with van der Waals surface area (Å²) >= 11 is 0. The molecular formula is C15H23NO2S. The van der Waals surface area contributed by atoms with Crippen molar-refractivity contribution >= 4 is 10.8 Å². The van der Waals surface area contributed by atoms with Gasteiger partial charge in [-0.1, -0.05) is 13.8 Å². The van der Waals surface area contributed by atoms with Crippen LogP contribution in [0.15, 0.2) is 29.2 Å². The lowest BCUT2D eigenvalue weighted by Crippen LogP contribution is -2.45. The average Bonchev–Trinajstić information content (AvgIpc) is 2.41. The van der Waals surface area contributed by atoms with Crippen LogP contribution in [0.3, 0.4) is 0 Å². The van der Waals surface area contributed by atoms with Crippen molar-refractivity contribution in [3.63, 3.8) is 0 Å². The van der Waals surface area contributed by atoms with Gasteiger partial charge < -0.3 is 10.5 Å². The number of methoxy groups -OCH3 is 1. The molecule has 1 saturated carbocycles. The molecule has 0 spiro atoms. The van der Waals surface area contributed by atoms with Crippen LogP contribution in [0, 0.1) is 5.41 Å². The van der Waals surface area contributed by atoms with E-state index in [0.717, 1.165) is 29.9 Å². The van der Waals surface area contributed by atoms with Gasteiger partial charge >= 0.3 is 0 Å². The zero-order chi connectivity index (χ0) is 14.0. The van der Waals surface area contributed by atoms with E-state index in [1.54, 1.807) is 7.11 Å². The molecule has 19 heavy (non-hydrogen) atoms. The smallest absolute Gasteiger partial charge is 0.118 e. The molecule has 2 rings (SSSR count). The van der Waals surface area contributed by atoms with Crippen molar-refractivity contribution in [3.05, 3.63) is 24.3 Å². The molecule has 0 aromatic heterocycles. The Morgan fingerprint density at radius 2 is 1.95 bits per heavy atom. The molecule has 0 aliphatic heterocycles. The second-order valence-corrected chi connectivity index (χ2v) is 7.75. The number of hydrogen-bond donors (Lipinski definition) is 1. The van der Waals surface area contributed by atoms with E-state index in [0.29, 0.717) is 0 Å². The number of hydrogen-bond acceptors (Lipinski definition) is 3. The van der Waals surface area contributed by atoms with Gasteiger partial charge in [-0.05, 0) is 48.9 Å². The predicted molar refractivity (Wildman–Crippen MR) is 78.8 cm³/mol. The monoisotopic (exact) mass is 281 g/mol. The number of rotatable bonds is 3. The first-order valence-corrected chi connectivity index (χ1v) is 7.94. The van der Waals surface area contributed by atoms with Gasteiger partial charge in [0, 0.05) is 10.9 Å².